The van der Waals surface area contributed by atoms with E-state index in [-0.39, 0.29) is 17.9 Å². The van der Waals surface area contributed by atoms with Gasteiger partial charge in [0.15, 0.2) is 6.17 Å². The van der Waals surface area contributed by atoms with Crippen molar-refractivity contribution in [3.63, 3.8) is 0 Å². The predicted molar refractivity (Wildman–Crippen MR) is 147 cm³/mol. The molecule has 1 fully saturated rings. The molecule has 0 aliphatic carbocycles. The average molecular weight is 514 g/mol. The molecular formula is C28H31N7O3. The number of aromatic nitrogens is 1. The van der Waals surface area contributed by atoms with E-state index in [1.54, 1.807) is 25.4 Å². The summed E-state index contributed by atoms with van der Waals surface area (Å²) in [5, 5.41) is 17.8. The molecule has 3 atom stereocenters. The summed E-state index contributed by atoms with van der Waals surface area (Å²) in [6.07, 6.45) is -0.0869. The number of benzene rings is 2. The molecule has 1 saturated heterocycles. The number of rotatable bonds is 7. The number of nitrogens with zero attached hydrogens (tertiary/aromatic N) is 3. The highest BCUT2D eigenvalue weighted by atomic mass is 16.5. The van der Waals surface area contributed by atoms with Gasteiger partial charge in [0.2, 0.25) is 12.2 Å². The van der Waals surface area contributed by atoms with E-state index in [0.29, 0.717) is 42.5 Å². The van der Waals surface area contributed by atoms with Gasteiger partial charge >= 0.3 is 0 Å². The number of ether oxygens (including phenoxy) is 2. The fourth-order valence-electron chi connectivity index (χ4n) is 4.53. The Morgan fingerprint density at radius 3 is 2.74 bits per heavy atom. The number of amides is 1. The summed E-state index contributed by atoms with van der Waals surface area (Å²) < 4.78 is 11.6. The Labute approximate surface area is 221 Å². The maximum atomic E-state index is 13.2. The Bertz CT molecular complexity index is 1330. The number of para-hydroxylation sites is 1. The molecule has 3 aromatic rings. The largest absolute Gasteiger partial charge is 0.445 e. The quantitative estimate of drug-likeness (QED) is 0.217. The first-order valence-electron chi connectivity index (χ1n) is 12.6. The van der Waals surface area contributed by atoms with Crippen LogP contribution in [0.1, 0.15) is 23.6 Å². The molecule has 3 unspecified atom stereocenters. The smallest absolute Gasteiger partial charge is 0.264 e. The van der Waals surface area contributed by atoms with Crippen LogP contribution in [0.3, 0.4) is 0 Å². The van der Waals surface area contributed by atoms with E-state index in [1.807, 2.05) is 61.5 Å². The number of benzodiazepines with no additional fused rings is 1. The topological polar surface area (TPSA) is 124 Å². The zero-order valence-electron chi connectivity index (χ0n) is 21.3. The lowest BCUT2D eigenvalue weighted by atomic mass is 10.0. The van der Waals surface area contributed by atoms with Crippen molar-refractivity contribution in [2.75, 3.05) is 37.0 Å². The van der Waals surface area contributed by atoms with Gasteiger partial charge in [-0.2, -0.15) is 0 Å². The van der Waals surface area contributed by atoms with Crippen LogP contribution in [0.25, 0.3) is 0 Å². The molecule has 0 bridgehead atoms. The lowest BCUT2D eigenvalue weighted by Gasteiger charge is -2.33. The Hall–Kier alpha value is -4.12. The number of carbonyl (C=O) groups excluding carboxylic acids is 1. The van der Waals surface area contributed by atoms with E-state index in [1.165, 1.54) is 0 Å². The third-order valence-electron chi connectivity index (χ3n) is 6.37. The molecule has 2 aliphatic rings. The molecule has 3 heterocycles. The summed E-state index contributed by atoms with van der Waals surface area (Å²) >= 11 is 0. The van der Waals surface area contributed by atoms with Gasteiger partial charge in [-0.1, -0.05) is 48.5 Å². The van der Waals surface area contributed by atoms with E-state index < -0.39 is 12.5 Å². The molecule has 0 radical (unpaired) electrons. The minimum atomic E-state index is -0.976. The molecule has 5 rings (SSSR count). The number of morpholine rings is 1. The van der Waals surface area contributed by atoms with Crippen LogP contribution in [0.5, 0.6) is 0 Å². The van der Waals surface area contributed by atoms with E-state index in [4.69, 9.17) is 19.9 Å². The highest BCUT2D eigenvalue weighted by molar-refractivity contribution is 6.19. The zero-order chi connectivity index (χ0) is 26.5. The molecule has 10 heteroatoms. The van der Waals surface area contributed by atoms with Gasteiger partial charge in [-0.05, 0) is 32.2 Å². The van der Waals surface area contributed by atoms with Crippen molar-refractivity contribution in [2.45, 2.75) is 25.5 Å². The Morgan fingerprint density at radius 1 is 1.16 bits per heavy atom. The molecule has 10 nitrogen and oxygen atoms in total. The molecule has 2 aromatic carbocycles. The van der Waals surface area contributed by atoms with Crippen LogP contribution in [-0.4, -0.2) is 67.9 Å². The van der Waals surface area contributed by atoms with Gasteiger partial charge in [-0.15, -0.1) is 0 Å². The third-order valence-corrected chi connectivity index (χ3v) is 6.37. The van der Waals surface area contributed by atoms with Crippen LogP contribution in [0.2, 0.25) is 0 Å². The first kappa shape index (κ1) is 25.5. The van der Waals surface area contributed by atoms with Crippen LogP contribution < -0.4 is 20.9 Å². The normalized spacial score (nSPS) is 20.0. The lowest BCUT2D eigenvalue weighted by Crippen LogP contribution is -2.52. The number of hydrogen-bond acceptors (Lipinski definition) is 9. The molecule has 0 saturated carbocycles. The van der Waals surface area contributed by atoms with Crippen molar-refractivity contribution in [1.82, 2.24) is 15.6 Å². The van der Waals surface area contributed by atoms with Gasteiger partial charge in [-0.25, -0.2) is 10.3 Å². The van der Waals surface area contributed by atoms with Gasteiger partial charge in [0, 0.05) is 30.4 Å². The van der Waals surface area contributed by atoms with Crippen LogP contribution in [0, 0.1) is 5.41 Å². The number of nitrogens with one attached hydrogen (secondary N) is 4. The number of aliphatic imine (C=N–C) groups is 1. The first-order chi connectivity index (χ1) is 18.5. The molecule has 4 N–H and O–H groups in total. The SMILES string of the molecule is CNC(NC1N=C(c2ccccc2)c2ccccc2NC1=O)OC(=N)c1cccnc1N1CCOC(C)C1. The molecule has 2 aliphatic heterocycles. The molecule has 1 amide bonds. The maximum absolute atomic E-state index is 13.2. The number of carbonyl (C=O) groups is 1. The third kappa shape index (κ3) is 5.57. The standard InChI is InChI=1S/C28H31N7O3/c1-18-17-35(15-16-37-18)26-21(12-8-14-31-26)24(29)38-28(30-2)34-25-27(36)32-22-13-7-6-11-20(22)23(33-25)19-9-4-3-5-10-19/h3-14,18,25,28-30,34H,15-17H2,1-2H3,(H,32,36). The van der Waals surface area contributed by atoms with Gasteiger partial charge < -0.3 is 19.7 Å². The summed E-state index contributed by atoms with van der Waals surface area (Å²) in [6.45, 7) is 3.95. The second-order valence-electron chi connectivity index (χ2n) is 9.07. The van der Waals surface area contributed by atoms with Crippen molar-refractivity contribution >= 4 is 29.0 Å². The summed E-state index contributed by atoms with van der Waals surface area (Å²) in [7, 11) is 1.68. The van der Waals surface area contributed by atoms with Gasteiger partial charge in [0.05, 0.1) is 29.7 Å². The van der Waals surface area contributed by atoms with Crippen molar-refractivity contribution in [1.29, 1.82) is 5.41 Å². The van der Waals surface area contributed by atoms with Crippen molar-refractivity contribution in [3.05, 3.63) is 89.6 Å². The minimum Gasteiger partial charge on any atom is -0.445 e. The van der Waals surface area contributed by atoms with E-state index in [9.17, 15) is 4.79 Å². The highest BCUT2D eigenvalue weighted by Gasteiger charge is 2.29. The number of fused-ring (bicyclic) bond motifs is 1. The van der Waals surface area contributed by atoms with Crippen LogP contribution in [0.4, 0.5) is 11.5 Å². The molecule has 38 heavy (non-hydrogen) atoms. The summed E-state index contributed by atoms with van der Waals surface area (Å²) in [6, 6.07) is 20.9. The molecule has 1 aromatic heterocycles. The van der Waals surface area contributed by atoms with Gasteiger partial charge in [0.25, 0.3) is 5.91 Å². The van der Waals surface area contributed by atoms with Gasteiger partial charge in [-0.3, -0.25) is 20.5 Å². The minimum absolute atomic E-state index is 0.0648. The highest BCUT2D eigenvalue weighted by Crippen LogP contribution is 2.24. The van der Waals surface area contributed by atoms with E-state index in [2.05, 4.69) is 25.8 Å². The van der Waals surface area contributed by atoms with E-state index >= 15 is 0 Å². The second kappa shape index (κ2) is 11.5. The van der Waals surface area contributed by atoms with Crippen molar-refractivity contribution in [2.24, 2.45) is 4.99 Å². The zero-order valence-corrected chi connectivity index (χ0v) is 21.3. The second-order valence-corrected chi connectivity index (χ2v) is 9.07. The van der Waals surface area contributed by atoms with Crippen LogP contribution in [-0.2, 0) is 14.3 Å². The maximum Gasteiger partial charge on any atom is 0.264 e. The van der Waals surface area contributed by atoms with Crippen molar-refractivity contribution in [3.8, 4) is 0 Å². The summed E-state index contributed by atoms with van der Waals surface area (Å²) in [4.78, 5) is 24.6. The fraction of sp³-hybridized carbons (Fsp3) is 0.286. The fourth-order valence-corrected chi connectivity index (χ4v) is 4.53. The van der Waals surface area contributed by atoms with Gasteiger partial charge in [0.1, 0.15) is 5.82 Å². The lowest BCUT2D eigenvalue weighted by molar-refractivity contribution is -0.118. The summed E-state index contributed by atoms with van der Waals surface area (Å²) in [5.74, 6) is 0.251. The monoisotopic (exact) mass is 513 g/mol. The first-order valence-corrected chi connectivity index (χ1v) is 12.6. The van der Waals surface area contributed by atoms with Crippen LogP contribution >= 0.6 is 0 Å². The summed E-state index contributed by atoms with van der Waals surface area (Å²) in [5.41, 5.74) is 3.62. The van der Waals surface area contributed by atoms with E-state index in [0.717, 1.165) is 11.1 Å². The molecule has 196 valence electrons. The van der Waals surface area contributed by atoms with Crippen molar-refractivity contribution < 1.29 is 14.3 Å². The predicted octanol–water partition coefficient (Wildman–Crippen LogP) is 2.56. The molecule has 0 spiro atoms. The Balaban J connectivity index is 1.38. The Kier molecular flexibility index (Phi) is 7.73. The molecular weight excluding hydrogens is 482 g/mol. The van der Waals surface area contributed by atoms with Crippen LogP contribution in [0.15, 0.2) is 77.9 Å². The number of hydrogen-bond donors (Lipinski definition) is 4. The number of pyridine rings is 1. The average Bonchev–Trinajstić information content (AvgIpc) is 3.09. The Morgan fingerprint density at radius 2 is 1.95 bits per heavy atom. The number of anilines is 2.